The number of carbonyl (C=O) groups excluding carboxylic acids is 1. The highest BCUT2D eigenvalue weighted by Crippen LogP contribution is 2.20. The molecule has 0 saturated carbocycles. The molecule has 2 rings (SSSR count). The molecular formula is C15H21N3OS. The lowest BCUT2D eigenvalue weighted by Crippen LogP contribution is -2.24. The summed E-state index contributed by atoms with van der Waals surface area (Å²) in [6.45, 7) is 9.63. The Morgan fingerprint density at radius 2 is 2.05 bits per heavy atom. The first kappa shape index (κ1) is 14.8. The molecule has 0 fully saturated rings. The summed E-state index contributed by atoms with van der Waals surface area (Å²) in [6, 6.07) is 4.02. The summed E-state index contributed by atoms with van der Waals surface area (Å²) in [4.78, 5) is 14.0. The Bertz CT molecular complexity index is 593. The fourth-order valence-corrected chi connectivity index (χ4v) is 3.05. The number of carbonyl (C=O) groups is 1. The number of thiophene rings is 1. The van der Waals surface area contributed by atoms with Crippen LogP contribution in [0.5, 0.6) is 0 Å². The highest BCUT2D eigenvalue weighted by Gasteiger charge is 2.09. The van der Waals surface area contributed by atoms with E-state index in [4.69, 9.17) is 0 Å². The third kappa shape index (κ3) is 3.48. The lowest BCUT2D eigenvalue weighted by molar-refractivity contribution is 0.0956. The number of aryl methyl sites for hydroxylation is 5. The van der Waals surface area contributed by atoms with Crippen LogP contribution in [0.4, 0.5) is 0 Å². The van der Waals surface area contributed by atoms with Gasteiger partial charge in [-0.15, -0.1) is 11.3 Å². The van der Waals surface area contributed by atoms with Crippen LogP contribution >= 0.6 is 11.3 Å². The molecule has 0 spiro atoms. The van der Waals surface area contributed by atoms with Crippen LogP contribution in [0.1, 0.15) is 37.9 Å². The van der Waals surface area contributed by atoms with Crippen LogP contribution in [0.25, 0.3) is 0 Å². The van der Waals surface area contributed by atoms with Crippen LogP contribution in [0.15, 0.2) is 12.1 Å². The summed E-state index contributed by atoms with van der Waals surface area (Å²) in [5.74, 6) is 0.0274. The van der Waals surface area contributed by atoms with Crippen LogP contribution in [-0.2, 0) is 6.54 Å². The molecule has 0 aliphatic carbocycles. The Morgan fingerprint density at radius 3 is 2.60 bits per heavy atom. The zero-order valence-corrected chi connectivity index (χ0v) is 13.3. The van der Waals surface area contributed by atoms with Gasteiger partial charge in [0.2, 0.25) is 0 Å². The van der Waals surface area contributed by atoms with Crippen molar-refractivity contribution < 1.29 is 4.79 Å². The second-order valence-corrected chi connectivity index (χ2v) is 6.37. The van der Waals surface area contributed by atoms with Gasteiger partial charge in [-0.05, 0) is 51.8 Å². The van der Waals surface area contributed by atoms with Crippen LogP contribution in [0.2, 0.25) is 0 Å². The molecular weight excluding hydrogens is 270 g/mol. The van der Waals surface area contributed by atoms with Crippen molar-refractivity contribution in [1.29, 1.82) is 0 Å². The minimum absolute atomic E-state index is 0.0274. The van der Waals surface area contributed by atoms with Gasteiger partial charge in [0.25, 0.3) is 5.91 Å². The molecule has 5 heteroatoms. The number of nitrogens with zero attached hydrogens (tertiary/aromatic N) is 2. The molecule has 0 bridgehead atoms. The first-order valence-corrected chi connectivity index (χ1v) is 7.65. The predicted molar refractivity (Wildman–Crippen MR) is 82.4 cm³/mol. The topological polar surface area (TPSA) is 46.9 Å². The molecule has 0 saturated heterocycles. The number of amides is 1. The van der Waals surface area contributed by atoms with E-state index < -0.39 is 0 Å². The fraction of sp³-hybridized carbons (Fsp3) is 0.467. The van der Waals surface area contributed by atoms with Crippen molar-refractivity contribution in [3.05, 3.63) is 38.8 Å². The van der Waals surface area contributed by atoms with Gasteiger partial charge in [0.15, 0.2) is 0 Å². The van der Waals surface area contributed by atoms with E-state index in [1.54, 1.807) is 11.3 Å². The summed E-state index contributed by atoms with van der Waals surface area (Å²) in [5, 5.41) is 7.37. The molecule has 1 N–H and O–H groups in total. The molecule has 2 heterocycles. The Labute approximate surface area is 123 Å². The van der Waals surface area contributed by atoms with Crippen molar-refractivity contribution >= 4 is 17.2 Å². The second kappa shape index (κ2) is 6.22. The summed E-state index contributed by atoms with van der Waals surface area (Å²) < 4.78 is 1.99. The third-order valence-electron chi connectivity index (χ3n) is 3.33. The number of hydrogen-bond acceptors (Lipinski definition) is 3. The largest absolute Gasteiger partial charge is 0.351 e. The first-order chi connectivity index (χ1) is 9.47. The van der Waals surface area contributed by atoms with Crippen molar-refractivity contribution in [3.63, 3.8) is 0 Å². The van der Waals surface area contributed by atoms with E-state index >= 15 is 0 Å². The Balaban J connectivity index is 1.78. The van der Waals surface area contributed by atoms with Crippen molar-refractivity contribution in [2.75, 3.05) is 6.54 Å². The normalized spacial score (nSPS) is 10.8. The summed E-state index contributed by atoms with van der Waals surface area (Å²) in [7, 11) is 0. The summed E-state index contributed by atoms with van der Waals surface area (Å²) in [5.41, 5.74) is 3.39. The van der Waals surface area contributed by atoms with E-state index in [2.05, 4.69) is 23.4 Å². The minimum atomic E-state index is 0.0274. The minimum Gasteiger partial charge on any atom is -0.351 e. The molecule has 20 heavy (non-hydrogen) atoms. The molecule has 0 radical (unpaired) electrons. The second-order valence-electron chi connectivity index (χ2n) is 5.11. The maximum absolute atomic E-state index is 12.0. The average Bonchev–Trinajstić information content (AvgIpc) is 2.88. The van der Waals surface area contributed by atoms with Crippen molar-refractivity contribution in [1.82, 2.24) is 15.1 Å². The SMILES string of the molecule is Cc1cc(C)n(CCCNC(=O)c2cc(C)c(C)s2)n1. The molecule has 2 aromatic heterocycles. The van der Waals surface area contributed by atoms with Gasteiger partial charge in [0, 0.05) is 23.7 Å². The van der Waals surface area contributed by atoms with Crippen molar-refractivity contribution in [3.8, 4) is 0 Å². The molecule has 4 nitrogen and oxygen atoms in total. The summed E-state index contributed by atoms with van der Waals surface area (Å²) >= 11 is 1.55. The van der Waals surface area contributed by atoms with Crippen molar-refractivity contribution in [2.45, 2.75) is 40.7 Å². The fourth-order valence-electron chi connectivity index (χ4n) is 2.10. The Kier molecular flexibility index (Phi) is 4.60. The van der Waals surface area contributed by atoms with Gasteiger partial charge in [0.05, 0.1) is 10.6 Å². The van der Waals surface area contributed by atoms with Crippen molar-refractivity contribution in [2.24, 2.45) is 0 Å². The molecule has 0 unspecified atom stereocenters. The van der Waals surface area contributed by atoms with Crippen LogP contribution < -0.4 is 5.32 Å². The van der Waals surface area contributed by atoms with Gasteiger partial charge in [-0.1, -0.05) is 0 Å². The molecule has 0 atom stereocenters. The molecule has 0 aliphatic heterocycles. The maximum atomic E-state index is 12.0. The zero-order valence-electron chi connectivity index (χ0n) is 12.5. The third-order valence-corrected chi connectivity index (χ3v) is 4.48. The number of aromatic nitrogens is 2. The average molecular weight is 291 g/mol. The van der Waals surface area contributed by atoms with Gasteiger partial charge in [-0.3, -0.25) is 9.48 Å². The van der Waals surface area contributed by atoms with E-state index in [0.717, 1.165) is 23.5 Å². The van der Waals surface area contributed by atoms with Gasteiger partial charge in [0.1, 0.15) is 0 Å². The van der Waals surface area contributed by atoms with E-state index in [-0.39, 0.29) is 5.91 Å². The number of hydrogen-bond donors (Lipinski definition) is 1. The Morgan fingerprint density at radius 1 is 1.30 bits per heavy atom. The molecule has 108 valence electrons. The van der Waals surface area contributed by atoms with Gasteiger partial charge >= 0.3 is 0 Å². The molecule has 1 amide bonds. The lowest BCUT2D eigenvalue weighted by atomic mass is 10.3. The smallest absolute Gasteiger partial charge is 0.261 e. The molecule has 0 aliphatic rings. The van der Waals surface area contributed by atoms with E-state index in [1.807, 2.05) is 31.5 Å². The lowest BCUT2D eigenvalue weighted by Gasteiger charge is -2.05. The maximum Gasteiger partial charge on any atom is 0.261 e. The van der Waals surface area contributed by atoms with Crippen LogP contribution in [0, 0.1) is 27.7 Å². The van der Waals surface area contributed by atoms with Gasteiger partial charge in [-0.25, -0.2) is 0 Å². The predicted octanol–water partition coefficient (Wildman–Crippen LogP) is 3.00. The highest BCUT2D eigenvalue weighted by molar-refractivity contribution is 7.14. The van der Waals surface area contributed by atoms with Gasteiger partial charge < -0.3 is 5.32 Å². The van der Waals surface area contributed by atoms with E-state index in [9.17, 15) is 4.79 Å². The van der Waals surface area contributed by atoms with Gasteiger partial charge in [-0.2, -0.15) is 5.10 Å². The number of rotatable bonds is 5. The molecule has 0 aromatic carbocycles. The first-order valence-electron chi connectivity index (χ1n) is 6.83. The monoisotopic (exact) mass is 291 g/mol. The Hall–Kier alpha value is -1.62. The highest BCUT2D eigenvalue weighted by atomic mass is 32.1. The van der Waals surface area contributed by atoms with Crippen LogP contribution in [0.3, 0.4) is 0 Å². The standard InChI is InChI=1S/C15H21N3OS/c1-10-8-14(20-13(10)4)15(19)16-6-5-7-18-12(3)9-11(2)17-18/h8-9H,5-7H2,1-4H3,(H,16,19). The molecule has 2 aromatic rings. The van der Waals surface area contributed by atoms with E-state index in [0.29, 0.717) is 6.54 Å². The van der Waals surface area contributed by atoms with E-state index in [1.165, 1.54) is 16.1 Å². The van der Waals surface area contributed by atoms with Crippen LogP contribution in [-0.4, -0.2) is 22.2 Å². The summed E-state index contributed by atoms with van der Waals surface area (Å²) in [6.07, 6.45) is 0.886. The zero-order chi connectivity index (χ0) is 14.7. The number of nitrogens with one attached hydrogen (secondary N) is 1. The quantitative estimate of drug-likeness (QED) is 0.861.